The molecule has 2 N–H and O–H groups in total. The molecular weight excluding hydrogens is 248 g/mol. The molecule has 1 aromatic rings. The number of hydrogen-bond acceptors (Lipinski definition) is 3. The molecule has 20 heavy (non-hydrogen) atoms. The molecule has 0 saturated carbocycles. The van der Waals surface area contributed by atoms with Gasteiger partial charge in [0.1, 0.15) is 5.75 Å². The maximum atomic E-state index is 6.06. The van der Waals surface area contributed by atoms with Crippen LogP contribution in [0.2, 0.25) is 0 Å². The Kier molecular flexibility index (Phi) is 5.44. The highest BCUT2D eigenvalue weighted by Crippen LogP contribution is 2.31. The van der Waals surface area contributed by atoms with E-state index in [1.54, 1.807) is 0 Å². The predicted octanol–water partition coefficient (Wildman–Crippen LogP) is 3.21. The summed E-state index contributed by atoms with van der Waals surface area (Å²) in [5.74, 6) is 1.77. The first-order valence-electron chi connectivity index (χ1n) is 7.84. The molecule has 0 aromatic heterocycles. The van der Waals surface area contributed by atoms with E-state index in [0.717, 1.165) is 18.2 Å². The molecule has 1 aromatic carbocycles. The molecule has 3 nitrogen and oxygen atoms in total. The summed E-state index contributed by atoms with van der Waals surface area (Å²) in [6, 6.07) is 9.37. The third-order valence-corrected chi connectivity index (χ3v) is 4.39. The van der Waals surface area contributed by atoms with Crippen LogP contribution in [0.25, 0.3) is 0 Å². The van der Waals surface area contributed by atoms with Crippen LogP contribution in [0.1, 0.15) is 45.2 Å². The smallest absolute Gasteiger partial charge is 0.119 e. The maximum Gasteiger partial charge on any atom is 0.119 e. The maximum absolute atomic E-state index is 6.06. The molecule has 1 fully saturated rings. The molecule has 0 radical (unpaired) electrons. The van der Waals surface area contributed by atoms with E-state index in [0.29, 0.717) is 25.2 Å². The van der Waals surface area contributed by atoms with Gasteiger partial charge in [-0.3, -0.25) is 4.90 Å². The summed E-state index contributed by atoms with van der Waals surface area (Å²) in [6.45, 7) is 9.22. The lowest BCUT2D eigenvalue weighted by molar-refractivity contribution is 0.0847. The van der Waals surface area contributed by atoms with Gasteiger partial charge in [0, 0.05) is 18.6 Å². The first kappa shape index (κ1) is 15.3. The third-order valence-electron chi connectivity index (χ3n) is 4.39. The minimum atomic E-state index is 0.327. The fourth-order valence-electron chi connectivity index (χ4n) is 3.30. The molecule has 1 heterocycles. The van der Waals surface area contributed by atoms with Crippen LogP contribution in [0.4, 0.5) is 0 Å². The third kappa shape index (κ3) is 3.53. The van der Waals surface area contributed by atoms with E-state index in [-0.39, 0.29) is 0 Å². The predicted molar refractivity (Wildman–Crippen MR) is 84.0 cm³/mol. The number of nitrogens with zero attached hydrogens (tertiary/aromatic N) is 1. The molecule has 112 valence electrons. The Balaban J connectivity index is 2.10. The van der Waals surface area contributed by atoms with Gasteiger partial charge in [-0.05, 0) is 56.8 Å². The number of likely N-dealkylation sites (tertiary alicyclic amines) is 1. The Bertz CT molecular complexity index is 404. The normalized spacial score (nSPS) is 25.4. The Labute approximate surface area is 123 Å². The summed E-state index contributed by atoms with van der Waals surface area (Å²) in [5, 5.41) is 0. The Morgan fingerprint density at radius 2 is 2.00 bits per heavy atom. The zero-order valence-electron chi connectivity index (χ0n) is 13.0. The first-order valence-corrected chi connectivity index (χ1v) is 7.84. The summed E-state index contributed by atoms with van der Waals surface area (Å²) in [6.07, 6.45) is 2.55. The number of piperidine rings is 1. The van der Waals surface area contributed by atoms with Crippen molar-refractivity contribution in [2.75, 3.05) is 19.7 Å². The summed E-state index contributed by atoms with van der Waals surface area (Å²) >= 11 is 0. The van der Waals surface area contributed by atoms with Gasteiger partial charge >= 0.3 is 0 Å². The molecule has 0 bridgehead atoms. The van der Waals surface area contributed by atoms with E-state index in [4.69, 9.17) is 10.5 Å². The highest BCUT2D eigenvalue weighted by molar-refractivity contribution is 5.29. The highest BCUT2D eigenvalue weighted by Gasteiger charge is 2.28. The Hall–Kier alpha value is -1.06. The van der Waals surface area contributed by atoms with Gasteiger partial charge in [0.2, 0.25) is 0 Å². The Morgan fingerprint density at radius 1 is 1.30 bits per heavy atom. The van der Waals surface area contributed by atoms with Gasteiger partial charge in [-0.2, -0.15) is 0 Å². The number of benzene rings is 1. The van der Waals surface area contributed by atoms with E-state index >= 15 is 0 Å². The zero-order chi connectivity index (χ0) is 14.5. The molecule has 1 saturated heterocycles. The molecular formula is C17H28N2O. The summed E-state index contributed by atoms with van der Waals surface area (Å²) in [5.41, 5.74) is 7.36. The average Bonchev–Trinajstić information content (AvgIpc) is 2.44. The van der Waals surface area contributed by atoms with Gasteiger partial charge in [-0.25, -0.2) is 0 Å². The van der Waals surface area contributed by atoms with Gasteiger partial charge in [0.05, 0.1) is 6.61 Å². The molecule has 0 spiro atoms. The van der Waals surface area contributed by atoms with Crippen LogP contribution in [-0.4, -0.2) is 30.6 Å². The summed E-state index contributed by atoms with van der Waals surface area (Å²) in [4.78, 5) is 2.57. The lowest BCUT2D eigenvalue weighted by Gasteiger charge is -2.41. The number of ether oxygens (including phenoxy) is 1. The van der Waals surface area contributed by atoms with E-state index in [9.17, 15) is 0 Å². The topological polar surface area (TPSA) is 38.5 Å². The molecule has 0 amide bonds. The van der Waals surface area contributed by atoms with Gasteiger partial charge in [-0.1, -0.05) is 19.1 Å². The van der Waals surface area contributed by atoms with E-state index in [1.165, 1.54) is 18.4 Å². The quantitative estimate of drug-likeness (QED) is 0.897. The standard InChI is InChI=1S/C17H28N2O/c1-4-20-16-7-5-15(6-8-16)17(12-18)19-10-9-13(2)11-14(19)3/h5-8,13-14,17H,4,9-12,18H2,1-3H3. The van der Waals surface area contributed by atoms with Crippen molar-refractivity contribution in [3.05, 3.63) is 29.8 Å². The fourth-order valence-corrected chi connectivity index (χ4v) is 3.30. The Morgan fingerprint density at radius 3 is 2.55 bits per heavy atom. The molecule has 2 rings (SSSR count). The number of rotatable bonds is 5. The fraction of sp³-hybridized carbons (Fsp3) is 0.647. The second kappa shape index (κ2) is 7.09. The molecule has 3 atom stereocenters. The van der Waals surface area contributed by atoms with Crippen LogP contribution >= 0.6 is 0 Å². The first-order chi connectivity index (χ1) is 9.65. The van der Waals surface area contributed by atoms with E-state index in [1.807, 2.05) is 6.92 Å². The second-order valence-corrected chi connectivity index (χ2v) is 5.97. The largest absolute Gasteiger partial charge is 0.494 e. The van der Waals surface area contributed by atoms with Crippen molar-refractivity contribution in [3.8, 4) is 5.75 Å². The summed E-state index contributed by atoms with van der Waals surface area (Å²) < 4.78 is 5.51. The average molecular weight is 276 g/mol. The van der Waals surface area contributed by atoms with Gasteiger partial charge < -0.3 is 10.5 Å². The van der Waals surface area contributed by atoms with Crippen LogP contribution < -0.4 is 10.5 Å². The molecule has 1 aliphatic heterocycles. The van der Waals surface area contributed by atoms with E-state index in [2.05, 4.69) is 43.0 Å². The lowest BCUT2D eigenvalue weighted by atomic mass is 9.90. The van der Waals surface area contributed by atoms with Crippen molar-refractivity contribution < 1.29 is 4.74 Å². The highest BCUT2D eigenvalue weighted by atomic mass is 16.5. The van der Waals surface area contributed by atoms with Crippen LogP contribution in [0.5, 0.6) is 5.75 Å². The summed E-state index contributed by atoms with van der Waals surface area (Å²) in [7, 11) is 0. The van der Waals surface area contributed by atoms with Crippen molar-refractivity contribution in [3.63, 3.8) is 0 Å². The van der Waals surface area contributed by atoms with Crippen LogP contribution in [0.15, 0.2) is 24.3 Å². The molecule has 3 heteroatoms. The van der Waals surface area contributed by atoms with Crippen molar-refractivity contribution in [1.29, 1.82) is 0 Å². The van der Waals surface area contributed by atoms with Crippen LogP contribution in [0.3, 0.4) is 0 Å². The van der Waals surface area contributed by atoms with Crippen molar-refractivity contribution >= 4 is 0 Å². The van der Waals surface area contributed by atoms with Crippen molar-refractivity contribution in [2.45, 2.75) is 45.7 Å². The molecule has 3 unspecified atom stereocenters. The SMILES string of the molecule is CCOc1ccc(C(CN)N2CCC(C)CC2C)cc1. The second-order valence-electron chi connectivity index (χ2n) is 5.97. The van der Waals surface area contributed by atoms with Gasteiger partial charge in [-0.15, -0.1) is 0 Å². The minimum Gasteiger partial charge on any atom is -0.494 e. The number of nitrogens with two attached hydrogens (primary N) is 1. The van der Waals surface area contributed by atoms with Crippen LogP contribution in [-0.2, 0) is 0 Å². The van der Waals surface area contributed by atoms with Crippen molar-refractivity contribution in [2.24, 2.45) is 11.7 Å². The van der Waals surface area contributed by atoms with Gasteiger partial charge in [0.15, 0.2) is 0 Å². The number of hydrogen-bond donors (Lipinski definition) is 1. The molecule has 1 aliphatic rings. The van der Waals surface area contributed by atoms with Gasteiger partial charge in [0.25, 0.3) is 0 Å². The zero-order valence-corrected chi connectivity index (χ0v) is 13.0. The monoisotopic (exact) mass is 276 g/mol. The molecule has 0 aliphatic carbocycles. The van der Waals surface area contributed by atoms with Crippen molar-refractivity contribution in [1.82, 2.24) is 4.90 Å². The minimum absolute atomic E-state index is 0.327. The lowest BCUT2D eigenvalue weighted by Crippen LogP contribution is -2.44. The van der Waals surface area contributed by atoms with E-state index < -0.39 is 0 Å². The van der Waals surface area contributed by atoms with Crippen LogP contribution in [0, 0.1) is 5.92 Å².